The molecule has 1 saturated heterocycles. The number of fused-ring (bicyclic) bond motifs is 1. The Hall–Kier alpha value is -1.62. The molecule has 0 aromatic carbocycles. The number of aromatic nitrogens is 1. The van der Waals surface area contributed by atoms with Gasteiger partial charge >= 0.3 is 0 Å². The second-order valence-electron chi connectivity index (χ2n) is 6.52. The SMILES string of the molecule is O=C1CCCc2ccc(OCCCCN3CCCCC3)nc2N1. The molecule has 1 N–H and O–H groups in total. The summed E-state index contributed by atoms with van der Waals surface area (Å²) in [5.41, 5.74) is 1.10. The van der Waals surface area contributed by atoms with Crippen LogP contribution in [0.1, 0.15) is 50.5 Å². The standard InChI is InChI=1S/C18H27N3O2/c22-16-8-6-7-15-9-10-17(20-18(15)19-16)23-14-5-4-13-21-11-2-1-3-12-21/h9-10H,1-8,11-14H2,(H,19,20,22). The molecule has 0 unspecified atom stereocenters. The molecule has 5 heteroatoms. The van der Waals surface area contributed by atoms with Crippen LogP contribution in [-0.4, -0.2) is 42.0 Å². The molecular formula is C18H27N3O2. The molecule has 126 valence electrons. The van der Waals surface area contributed by atoms with E-state index in [4.69, 9.17) is 4.74 Å². The van der Waals surface area contributed by atoms with Crippen molar-refractivity contribution >= 4 is 11.7 Å². The first kappa shape index (κ1) is 16.2. The van der Waals surface area contributed by atoms with E-state index in [1.165, 1.54) is 45.3 Å². The average molecular weight is 317 g/mol. The van der Waals surface area contributed by atoms with Gasteiger partial charge in [-0.25, -0.2) is 0 Å². The topological polar surface area (TPSA) is 54.5 Å². The molecule has 1 aromatic heterocycles. The normalized spacial score (nSPS) is 18.9. The molecule has 2 aliphatic heterocycles. The Morgan fingerprint density at radius 3 is 2.83 bits per heavy atom. The van der Waals surface area contributed by atoms with Crippen LogP contribution in [0.5, 0.6) is 5.88 Å². The molecule has 0 saturated carbocycles. The van der Waals surface area contributed by atoms with Gasteiger partial charge in [-0.15, -0.1) is 0 Å². The monoisotopic (exact) mass is 317 g/mol. The van der Waals surface area contributed by atoms with Crippen LogP contribution in [0.25, 0.3) is 0 Å². The van der Waals surface area contributed by atoms with Gasteiger partial charge in [0.1, 0.15) is 5.82 Å². The number of nitrogens with one attached hydrogen (secondary N) is 1. The fraction of sp³-hybridized carbons (Fsp3) is 0.667. The van der Waals surface area contributed by atoms with E-state index in [1.807, 2.05) is 12.1 Å². The van der Waals surface area contributed by atoms with E-state index in [9.17, 15) is 4.79 Å². The quantitative estimate of drug-likeness (QED) is 0.820. The van der Waals surface area contributed by atoms with Crippen molar-refractivity contribution in [3.63, 3.8) is 0 Å². The highest BCUT2D eigenvalue weighted by molar-refractivity contribution is 5.91. The molecule has 1 fully saturated rings. The first-order valence-corrected chi connectivity index (χ1v) is 8.96. The van der Waals surface area contributed by atoms with Gasteiger partial charge < -0.3 is 15.0 Å². The molecule has 0 radical (unpaired) electrons. The zero-order chi connectivity index (χ0) is 15.9. The zero-order valence-corrected chi connectivity index (χ0v) is 13.9. The third kappa shape index (κ3) is 4.93. The summed E-state index contributed by atoms with van der Waals surface area (Å²) in [7, 11) is 0. The van der Waals surface area contributed by atoms with Crippen LogP contribution in [0.3, 0.4) is 0 Å². The van der Waals surface area contributed by atoms with Crippen molar-refractivity contribution in [3.8, 4) is 5.88 Å². The number of amides is 1. The van der Waals surface area contributed by atoms with Crippen molar-refractivity contribution in [3.05, 3.63) is 17.7 Å². The highest BCUT2D eigenvalue weighted by Crippen LogP contribution is 2.23. The molecule has 0 bridgehead atoms. The Labute approximate surface area is 138 Å². The maximum absolute atomic E-state index is 11.6. The van der Waals surface area contributed by atoms with E-state index in [-0.39, 0.29) is 5.91 Å². The number of carbonyl (C=O) groups excluding carboxylic acids is 1. The number of nitrogens with zero attached hydrogens (tertiary/aromatic N) is 2. The van der Waals surface area contributed by atoms with E-state index in [0.29, 0.717) is 24.7 Å². The van der Waals surface area contributed by atoms with Crippen LogP contribution in [0.2, 0.25) is 0 Å². The first-order valence-electron chi connectivity index (χ1n) is 8.96. The fourth-order valence-corrected chi connectivity index (χ4v) is 3.29. The molecule has 0 aliphatic carbocycles. The van der Waals surface area contributed by atoms with Gasteiger partial charge in [-0.05, 0) is 69.8 Å². The molecule has 2 aliphatic rings. The van der Waals surface area contributed by atoms with Crippen molar-refractivity contribution < 1.29 is 9.53 Å². The average Bonchev–Trinajstić information content (AvgIpc) is 2.75. The van der Waals surface area contributed by atoms with Gasteiger partial charge in [0.05, 0.1) is 6.61 Å². The molecule has 0 atom stereocenters. The van der Waals surface area contributed by atoms with Gasteiger partial charge in [-0.3, -0.25) is 4.79 Å². The number of unbranched alkanes of at least 4 members (excludes halogenated alkanes) is 1. The van der Waals surface area contributed by atoms with Crippen LogP contribution in [0.4, 0.5) is 5.82 Å². The third-order valence-electron chi connectivity index (χ3n) is 4.63. The van der Waals surface area contributed by atoms with E-state index in [2.05, 4.69) is 15.2 Å². The molecule has 3 rings (SSSR count). The number of pyridine rings is 1. The number of ether oxygens (including phenoxy) is 1. The Kier molecular flexibility index (Phi) is 5.86. The molecule has 5 nitrogen and oxygen atoms in total. The predicted molar refractivity (Wildman–Crippen MR) is 90.8 cm³/mol. The molecule has 1 amide bonds. The second-order valence-corrected chi connectivity index (χ2v) is 6.52. The lowest BCUT2D eigenvalue weighted by Gasteiger charge is -2.26. The summed E-state index contributed by atoms with van der Waals surface area (Å²) in [6, 6.07) is 3.94. The minimum atomic E-state index is 0.0509. The number of rotatable bonds is 6. The van der Waals surface area contributed by atoms with Crippen molar-refractivity contribution in [2.45, 2.75) is 51.4 Å². The predicted octanol–water partition coefficient (Wildman–Crippen LogP) is 3.00. The summed E-state index contributed by atoms with van der Waals surface area (Å²) >= 11 is 0. The summed E-state index contributed by atoms with van der Waals surface area (Å²) in [6.07, 6.45) is 8.66. The Morgan fingerprint density at radius 1 is 1.09 bits per heavy atom. The van der Waals surface area contributed by atoms with Crippen LogP contribution >= 0.6 is 0 Å². The Morgan fingerprint density at radius 2 is 1.96 bits per heavy atom. The summed E-state index contributed by atoms with van der Waals surface area (Å²) in [5, 5.41) is 2.87. The van der Waals surface area contributed by atoms with Gasteiger partial charge in [0.25, 0.3) is 0 Å². The van der Waals surface area contributed by atoms with E-state index < -0.39 is 0 Å². The van der Waals surface area contributed by atoms with Gasteiger partial charge in [0.2, 0.25) is 11.8 Å². The molecule has 0 spiro atoms. The number of likely N-dealkylation sites (tertiary alicyclic amines) is 1. The second kappa shape index (κ2) is 8.29. The van der Waals surface area contributed by atoms with Gasteiger partial charge in [0.15, 0.2) is 0 Å². The number of piperidine rings is 1. The third-order valence-corrected chi connectivity index (χ3v) is 4.63. The molecule has 23 heavy (non-hydrogen) atoms. The number of aryl methyl sites for hydroxylation is 1. The van der Waals surface area contributed by atoms with E-state index in [1.54, 1.807) is 0 Å². The maximum atomic E-state index is 11.6. The van der Waals surface area contributed by atoms with Crippen LogP contribution in [-0.2, 0) is 11.2 Å². The van der Waals surface area contributed by atoms with Crippen molar-refractivity contribution in [2.75, 3.05) is 31.6 Å². The molecule has 1 aromatic rings. The van der Waals surface area contributed by atoms with Crippen LogP contribution < -0.4 is 10.1 Å². The lowest BCUT2D eigenvalue weighted by Crippen LogP contribution is -2.30. The lowest BCUT2D eigenvalue weighted by atomic mass is 10.1. The summed E-state index contributed by atoms with van der Waals surface area (Å²) in [5.74, 6) is 1.34. The van der Waals surface area contributed by atoms with Gasteiger partial charge in [-0.2, -0.15) is 4.98 Å². The minimum absolute atomic E-state index is 0.0509. The Bertz CT molecular complexity index is 527. The summed E-state index contributed by atoms with van der Waals surface area (Å²) in [4.78, 5) is 18.6. The number of carbonyl (C=O) groups is 1. The van der Waals surface area contributed by atoms with Crippen LogP contribution in [0, 0.1) is 0 Å². The highest BCUT2D eigenvalue weighted by Gasteiger charge is 2.14. The van der Waals surface area contributed by atoms with Gasteiger partial charge in [-0.1, -0.05) is 6.42 Å². The zero-order valence-electron chi connectivity index (χ0n) is 13.9. The first-order chi connectivity index (χ1) is 11.3. The number of hydrogen-bond donors (Lipinski definition) is 1. The van der Waals surface area contributed by atoms with Crippen molar-refractivity contribution in [1.82, 2.24) is 9.88 Å². The van der Waals surface area contributed by atoms with Crippen molar-refractivity contribution in [1.29, 1.82) is 0 Å². The number of hydrogen-bond acceptors (Lipinski definition) is 4. The van der Waals surface area contributed by atoms with Crippen molar-refractivity contribution in [2.24, 2.45) is 0 Å². The van der Waals surface area contributed by atoms with Crippen LogP contribution in [0.15, 0.2) is 12.1 Å². The smallest absolute Gasteiger partial charge is 0.225 e. The molecular weight excluding hydrogens is 290 g/mol. The minimum Gasteiger partial charge on any atom is -0.478 e. The maximum Gasteiger partial charge on any atom is 0.225 e. The van der Waals surface area contributed by atoms with E-state index in [0.717, 1.165) is 24.8 Å². The number of anilines is 1. The largest absolute Gasteiger partial charge is 0.478 e. The lowest BCUT2D eigenvalue weighted by molar-refractivity contribution is -0.116. The van der Waals surface area contributed by atoms with E-state index >= 15 is 0 Å². The fourth-order valence-electron chi connectivity index (χ4n) is 3.29. The van der Waals surface area contributed by atoms with Gasteiger partial charge in [0, 0.05) is 12.5 Å². The summed E-state index contributed by atoms with van der Waals surface area (Å²) < 4.78 is 5.76. The summed E-state index contributed by atoms with van der Waals surface area (Å²) in [6.45, 7) is 4.38. The molecule has 3 heterocycles. The Balaban J connectivity index is 1.41. The highest BCUT2D eigenvalue weighted by atomic mass is 16.5.